The van der Waals surface area contributed by atoms with Crippen molar-refractivity contribution in [3.8, 4) is 0 Å². The first-order chi connectivity index (χ1) is 10.9. The molecule has 1 saturated heterocycles. The van der Waals surface area contributed by atoms with Crippen LogP contribution >= 0.6 is 0 Å². The number of hydrogen-bond donors (Lipinski definition) is 2. The fourth-order valence-electron chi connectivity index (χ4n) is 4.32. The molecule has 2 amide bonds. The normalized spacial score (nSPS) is 29.6. The van der Waals surface area contributed by atoms with Crippen LogP contribution in [-0.2, 0) is 0 Å². The molecule has 4 atom stereocenters. The predicted molar refractivity (Wildman–Crippen MR) is 82.2 cm³/mol. The van der Waals surface area contributed by atoms with Crippen molar-refractivity contribution in [2.24, 2.45) is 17.8 Å². The average molecular weight is 321 g/mol. The molecule has 0 aromatic carbocycles. The van der Waals surface area contributed by atoms with Gasteiger partial charge in [0.25, 0.3) is 5.91 Å². The Bertz CT molecular complexity index is 607. The number of likely N-dealkylation sites (tertiary alicyclic amines) is 1. The minimum Gasteiger partial charge on any atom is -0.465 e. The Labute approximate surface area is 135 Å². The van der Waals surface area contributed by atoms with E-state index in [1.165, 1.54) is 4.90 Å². The van der Waals surface area contributed by atoms with Gasteiger partial charge < -0.3 is 19.8 Å². The van der Waals surface area contributed by atoms with Gasteiger partial charge in [0.15, 0.2) is 0 Å². The number of aromatic nitrogens is 1. The number of nitrogens with one attached hydrogen (secondary N) is 1. The molecule has 2 N–H and O–H groups in total. The highest BCUT2D eigenvalue weighted by molar-refractivity contribution is 5.96. The van der Waals surface area contributed by atoms with E-state index in [1.54, 1.807) is 13.8 Å². The van der Waals surface area contributed by atoms with E-state index in [9.17, 15) is 14.7 Å². The lowest BCUT2D eigenvalue weighted by Gasteiger charge is -2.26. The summed E-state index contributed by atoms with van der Waals surface area (Å²) in [5.74, 6) is 1.62. The third kappa shape index (κ3) is 2.80. The molecule has 2 aliphatic rings. The zero-order chi connectivity index (χ0) is 16.7. The molecule has 7 heteroatoms. The van der Waals surface area contributed by atoms with Crippen molar-refractivity contribution in [3.05, 3.63) is 17.0 Å². The van der Waals surface area contributed by atoms with Crippen molar-refractivity contribution in [1.29, 1.82) is 0 Å². The van der Waals surface area contributed by atoms with E-state index in [-0.39, 0.29) is 11.9 Å². The molecule has 0 radical (unpaired) electrons. The van der Waals surface area contributed by atoms with Crippen LogP contribution in [0.1, 0.15) is 41.6 Å². The summed E-state index contributed by atoms with van der Waals surface area (Å²) < 4.78 is 5.02. The van der Waals surface area contributed by atoms with E-state index >= 15 is 0 Å². The molecule has 1 aliphatic heterocycles. The molecule has 2 fully saturated rings. The molecular weight excluding hydrogens is 298 g/mol. The summed E-state index contributed by atoms with van der Waals surface area (Å²) in [4.78, 5) is 25.3. The third-order valence-corrected chi connectivity index (χ3v) is 5.29. The first kappa shape index (κ1) is 15.8. The Morgan fingerprint density at radius 1 is 1.39 bits per heavy atom. The zero-order valence-electron chi connectivity index (χ0n) is 13.7. The largest absolute Gasteiger partial charge is 0.465 e. The second-order valence-corrected chi connectivity index (χ2v) is 6.91. The quantitative estimate of drug-likeness (QED) is 0.888. The first-order valence-corrected chi connectivity index (χ1v) is 8.09. The van der Waals surface area contributed by atoms with E-state index in [0.717, 1.165) is 12.8 Å². The van der Waals surface area contributed by atoms with Crippen molar-refractivity contribution < 1.29 is 19.2 Å². The van der Waals surface area contributed by atoms with Crippen LogP contribution in [0, 0.1) is 31.6 Å². The molecule has 1 aromatic heterocycles. The summed E-state index contributed by atoms with van der Waals surface area (Å²) in [5.41, 5.74) is 0.995. The van der Waals surface area contributed by atoms with Crippen molar-refractivity contribution in [2.45, 2.75) is 39.7 Å². The molecule has 23 heavy (non-hydrogen) atoms. The highest BCUT2D eigenvalue weighted by Gasteiger charge is 2.48. The zero-order valence-corrected chi connectivity index (χ0v) is 13.7. The maximum absolute atomic E-state index is 12.4. The van der Waals surface area contributed by atoms with Crippen LogP contribution in [0.5, 0.6) is 0 Å². The number of aryl methyl sites for hydroxylation is 2. The van der Waals surface area contributed by atoms with Gasteiger partial charge in [-0.3, -0.25) is 4.79 Å². The van der Waals surface area contributed by atoms with Crippen LogP contribution in [0.2, 0.25) is 0 Å². The molecule has 2 heterocycles. The minimum atomic E-state index is -0.899. The van der Waals surface area contributed by atoms with Crippen LogP contribution in [0.25, 0.3) is 0 Å². The maximum Gasteiger partial charge on any atom is 0.407 e. The van der Waals surface area contributed by atoms with Gasteiger partial charge in [-0.2, -0.15) is 0 Å². The van der Waals surface area contributed by atoms with Gasteiger partial charge >= 0.3 is 6.09 Å². The Morgan fingerprint density at radius 2 is 2.13 bits per heavy atom. The van der Waals surface area contributed by atoms with Gasteiger partial charge in [-0.25, -0.2) is 4.79 Å². The molecule has 1 saturated carbocycles. The van der Waals surface area contributed by atoms with Crippen molar-refractivity contribution in [3.63, 3.8) is 0 Å². The van der Waals surface area contributed by atoms with E-state index in [2.05, 4.69) is 17.4 Å². The first-order valence-electron chi connectivity index (χ1n) is 8.09. The minimum absolute atomic E-state index is 0.146. The highest BCUT2D eigenvalue weighted by Crippen LogP contribution is 2.44. The Kier molecular flexibility index (Phi) is 4.04. The number of carbonyl (C=O) groups excluding carboxylic acids is 1. The van der Waals surface area contributed by atoms with Gasteiger partial charge in [-0.1, -0.05) is 12.1 Å². The number of hydrogen-bond acceptors (Lipinski definition) is 4. The molecule has 126 valence electrons. The molecule has 1 unspecified atom stereocenters. The lowest BCUT2D eigenvalue weighted by atomic mass is 9.93. The maximum atomic E-state index is 12.4. The topological polar surface area (TPSA) is 95.7 Å². The van der Waals surface area contributed by atoms with Crippen molar-refractivity contribution in [1.82, 2.24) is 15.4 Å². The summed E-state index contributed by atoms with van der Waals surface area (Å²) in [5, 5.41) is 16.1. The summed E-state index contributed by atoms with van der Waals surface area (Å²) in [7, 11) is 0. The van der Waals surface area contributed by atoms with E-state index in [4.69, 9.17) is 4.52 Å². The van der Waals surface area contributed by atoms with Crippen molar-refractivity contribution in [2.75, 3.05) is 13.1 Å². The predicted octanol–water partition coefficient (Wildman–Crippen LogP) is 2.05. The second-order valence-electron chi connectivity index (χ2n) is 6.91. The van der Waals surface area contributed by atoms with E-state index in [1.807, 2.05) is 0 Å². The summed E-state index contributed by atoms with van der Waals surface area (Å²) in [6.45, 7) is 6.55. The van der Waals surface area contributed by atoms with Gasteiger partial charge in [0.2, 0.25) is 0 Å². The number of carboxylic acid groups (broad SMARTS) is 1. The fraction of sp³-hybridized carbons (Fsp3) is 0.688. The summed E-state index contributed by atoms with van der Waals surface area (Å²) in [6, 6.07) is -0.146. The second kappa shape index (κ2) is 5.86. The fourth-order valence-corrected chi connectivity index (χ4v) is 4.32. The van der Waals surface area contributed by atoms with E-state index < -0.39 is 6.09 Å². The number of nitrogens with zero attached hydrogens (tertiary/aromatic N) is 2. The number of fused-ring (bicyclic) bond motifs is 1. The molecule has 7 nitrogen and oxygen atoms in total. The number of rotatable bonds is 3. The molecule has 1 aliphatic carbocycles. The molecule has 1 aromatic rings. The molecule has 0 spiro atoms. The Morgan fingerprint density at radius 3 is 2.74 bits per heavy atom. The lowest BCUT2D eigenvalue weighted by Crippen LogP contribution is -2.45. The van der Waals surface area contributed by atoms with E-state index in [0.29, 0.717) is 47.9 Å². The van der Waals surface area contributed by atoms with Gasteiger partial charge in [0, 0.05) is 13.1 Å². The lowest BCUT2D eigenvalue weighted by molar-refractivity contribution is 0.0922. The van der Waals surface area contributed by atoms with Crippen LogP contribution in [-0.4, -0.2) is 46.3 Å². The monoisotopic (exact) mass is 321 g/mol. The van der Waals surface area contributed by atoms with Crippen LogP contribution in [0.4, 0.5) is 4.79 Å². The third-order valence-electron chi connectivity index (χ3n) is 5.29. The summed E-state index contributed by atoms with van der Waals surface area (Å²) >= 11 is 0. The molecular formula is C16H23N3O4. The van der Waals surface area contributed by atoms with Gasteiger partial charge in [-0.15, -0.1) is 0 Å². The standard InChI is InChI=1S/C16H23N3O4/c1-8-4-11-7-19(16(21)22)13(12(11)5-8)6-17-15(20)14-9(2)18-23-10(14)3/h8,11-13H,4-7H2,1-3H3,(H,17,20)(H,21,22)/t8?,11-,12-,13+/m0/s1. The van der Waals surface area contributed by atoms with Crippen LogP contribution < -0.4 is 5.32 Å². The highest BCUT2D eigenvalue weighted by atomic mass is 16.5. The smallest absolute Gasteiger partial charge is 0.407 e. The average Bonchev–Trinajstić information content (AvgIpc) is 3.09. The van der Waals surface area contributed by atoms with Gasteiger partial charge in [0.05, 0.1) is 11.7 Å². The SMILES string of the molecule is Cc1noc(C)c1C(=O)NC[C@@H]1[C@H]2CC(C)C[C@H]2CN1C(=O)O. The Hall–Kier alpha value is -2.05. The van der Waals surface area contributed by atoms with Gasteiger partial charge in [-0.05, 0) is 44.4 Å². The number of carbonyl (C=O) groups is 2. The van der Waals surface area contributed by atoms with Crippen molar-refractivity contribution >= 4 is 12.0 Å². The van der Waals surface area contributed by atoms with Gasteiger partial charge in [0.1, 0.15) is 11.3 Å². The molecule has 3 rings (SSSR count). The Balaban J connectivity index is 1.70. The number of amides is 2. The van der Waals surface area contributed by atoms with Crippen LogP contribution in [0.15, 0.2) is 4.52 Å². The summed E-state index contributed by atoms with van der Waals surface area (Å²) in [6.07, 6.45) is 1.20. The van der Waals surface area contributed by atoms with Crippen LogP contribution in [0.3, 0.4) is 0 Å². The molecule has 0 bridgehead atoms.